The molecule has 19 heavy (non-hydrogen) atoms. The zero-order valence-electron chi connectivity index (χ0n) is 11.4. The van der Waals surface area contributed by atoms with Gasteiger partial charge in [-0.1, -0.05) is 17.7 Å². The zero-order chi connectivity index (χ0) is 14.8. The molecule has 0 amide bonds. The molecule has 0 bridgehead atoms. The van der Waals surface area contributed by atoms with Crippen LogP contribution in [0.4, 0.5) is 13.2 Å². The summed E-state index contributed by atoms with van der Waals surface area (Å²) in [6.07, 6.45) is -6.39. The molecule has 106 valence electrons. The van der Waals surface area contributed by atoms with Gasteiger partial charge in [0.2, 0.25) is 0 Å². The van der Waals surface area contributed by atoms with Crippen molar-refractivity contribution in [1.82, 2.24) is 0 Å². The number of hydrogen-bond donors (Lipinski definition) is 0. The van der Waals surface area contributed by atoms with E-state index in [0.29, 0.717) is 5.56 Å². The van der Waals surface area contributed by atoms with Crippen LogP contribution in [0, 0.1) is 20.8 Å². The fourth-order valence-electron chi connectivity index (χ4n) is 1.99. The summed E-state index contributed by atoms with van der Waals surface area (Å²) in [7, 11) is 0. The van der Waals surface area contributed by atoms with E-state index in [2.05, 4.69) is 4.74 Å². The normalized spacial score (nSPS) is 13.4. The summed E-state index contributed by atoms with van der Waals surface area (Å²) < 4.78 is 41.4. The van der Waals surface area contributed by atoms with Crippen LogP contribution in [-0.4, -0.2) is 24.7 Å². The SMILES string of the molecule is Cc1cc(C)c(C(=O)COC(C)C(F)(F)F)c(C)c1. The van der Waals surface area contributed by atoms with Crippen molar-refractivity contribution in [3.05, 3.63) is 34.4 Å². The Labute approximate surface area is 110 Å². The summed E-state index contributed by atoms with van der Waals surface area (Å²) in [5.41, 5.74) is 2.97. The molecule has 0 aromatic heterocycles. The quantitative estimate of drug-likeness (QED) is 0.781. The van der Waals surface area contributed by atoms with Gasteiger partial charge in [0.25, 0.3) is 0 Å². The highest BCUT2D eigenvalue weighted by molar-refractivity contribution is 5.99. The number of rotatable bonds is 4. The molecule has 0 aliphatic carbocycles. The molecule has 5 heteroatoms. The Kier molecular flexibility index (Phi) is 4.74. The first-order chi connectivity index (χ1) is 8.62. The predicted octanol–water partition coefficient (Wildman–Crippen LogP) is 3.76. The third kappa shape index (κ3) is 4.06. The number of carbonyl (C=O) groups is 1. The van der Waals surface area contributed by atoms with Gasteiger partial charge in [0.05, 0.1) is 0 Å². The highest BCUT2D eigenvalue weighted by Crippen LogP contribution is 2.23. The van der Waals surface area contributed by atoms with Crippen LogP contribution in [0.25, 0.3) is 0 Å². The predicted molar refractivity (Wildman–Crippen MR) is 66.5 cm³/mol. The van der Waals surface area contributed by atoms with Crippen LogP contribution < -0.4 is 0 Å². The van der Waals surface area contributed by atoms with Crippen molar-refractivity contribution in [1.29, 1.82) is 0 Å². The number of hydrogen-bond acceptors (Lipinski definition) is 2. The molecule has 1 unspecified atom stereocenters. The lowest BCUT2D eigenvalue weighted by atomic mass is 9.97. The average molecular weight is 274 g/mol. The Morgan fingerprint density at radius 3 is 2.11 bits per heavy atom. The molecule has 0 fully saturated rings. The molecule has 0 radical (unpaired) electrons. The van der Waals surface area contributed by atoms with Crippen LogP contribution >= 0.6 is 0 Å². The van der Waals surface area contributed by atoms with E-state index < -0.39 is 24.7 Å². The van der Waals surface area contributed by atoms with Gasteiger partial charge in [-0.25, -0.2) is 0 Å². The Balaban J connectivity index is 2.80. The zero-order valence-corrected chi connectivity index (χ0v) is 11.4. The second-order valence-corrected chi connectivity index (χ2v) is 4.69. The van der Waals surface area contributed by atoms with Crippen molar-refractivity contribution in [3.8, 4) is 0 Å². The van der Waals surface area contributed by atoms with Gasteiger partial charge in [-0.05, 0) is 38.8 Å². The maximum absolute atomic E-state index is 12.3. The molecule has 1 aromatic rings. The van der Waals surface area contributed by atoms with Crippen molar-refractivity contribution < 1.29 is 22.7 Å². The smallest absolute Gasteiger partial charge is 0.361 e. The minimum atomic E-state index is -4.45. The van der Waals surface area contributed by atoms with E-state index in [4.69, 9.17) is 0 Å². The van der Waals surface area contributed by atoms with Gasteiger partial charge in [-0.2, -0.15) is 13.2 Å². The Morgan fingerprint density at radius 1 is 1.21 bits per heavy atom. The van der Waals surface area contributed by atoms with E-state index in [-0.39, 0.29) is 0 Å². The summed E-state index contributed by atoms with van der Waals surface area (Å²) in [4.78, 5) is 11.9. The van der Waals surface area contributed by atoms with Crippen molar-refractivity contribution in [3.63, 3.8) is 0 Å². The van der Waals surface area contributed by atoms with Crippen LogP contribution in [-0.2, 0) is 4.74 Å². The van der Waals surface area contributed by atoms with Crippen LogP contribution in [0.3, 0.4) is 0 Å². The van der Waals surface area contributed by atoms with Gasteiger partial charge in [0.15, 0.2) is 11.9 Å². The number of aryl methyl sites for hydroxylation is 3. The molecule has 0 saturated carbocycles. The van der Waals surface area contributed by atoms with E-state index in [0.717, 1.165) is 23.6 Å². The highest BCUT2D eigenvalue weighted by Gasteiger charge is 2.37. The van der Waals surface area contributed by atoms with Gasteiger partial charge >= 0.3 is 6.18 Å². The number of halogens is 3. The Morgan fingerprint density at radius 2 is 1.68 bits per heavy atom. The molecule has 1 aromatic carbocycles. The molecule has 0 aliphatic heterocycles. The molecule has 0 spiro atoms. The van der Waals surface area contributed by atoms with Gasteiger partial charge in [-0.3, -0.25) is 4.79 Å². The molecule has 0 heterocycles. The van der Waals surface area contributed by atoms with Crippen molar-refractivity contribution >= 4 is 5.78 Å². The fourth-order valence-corrected chi connectivity index (χ4v) is 1.99. The summed E-state index contributed by atoms with van der Waals surface area (Å²) in [6.45, 7) is 5.75. The summed E-state index contributed by atoms with van der Waals surface area (Å²) in [5, 5.41) is 0. The van der Waals surface area contributed by atoms with Crippen molar-refractivity contribution in [2.24, 2.45) is 0 Å². The summed E-state index contributed by atoms with van der Waals surface area (Å²) in [5.74, 6) is -0.425. The second kappa shape index (κ2) is 5.74. The number of ketones is 1. The minimum absolute atomic E-state index is 0.425. The second-order valence-electron chi connectivity index (χ2n) is 4.69. The Hall–Kier alpha value is -1.36. The van der Waals surface area contributed by atoms with Gasteiger partial charge in [-0.15, -0.1) is 0 Å². The largest absolute Gasteiger partial charge is 0.414 e. The lowest BCUT2D eigenvalue weighted by molar-refractivity contribution is -0.210. The summed E-state index contributed by atoms with van der Waals surface area (Å²) in [6, 6.07) is 3.65. The van der Waals surface area contributed by atoms with E-state index in [1.807, 2.05) is 19.1 Å². The first kappa shape index (κ1) is 15.7. The Bertz CT molecular complexity index is 455. The van der Waals surface area contributed by atoms with Gasteiger partial charge < -0.3 is 4.74 Å². The molecule has 1 rings (SSSR count). The number of carbonyl (C=O) groups excluding carboxylic acids is 1. The third-order valence-electron chi connectivity index (χ3n) is 2.88. The molecule has 0 saturated heterocycles. The van der Waals surface area contributed by atoms with E-state index >= 15 is 0 Å². The van der Waals surface area contributed by atoms with Gasteiger partial charge in [0.1, 0.15) is 6.61 Å². The van der Waals surface area contributed by atoms with Gasteiger partial charge in [0, 0.05) is 5.56 Å². The summed E-state index contributed by atoms with van der Waals surface area (Å²) >= 11 is 0. The van der Waals surface area contributed by atoms with Crippen molar-refractivity contribution in [2.45, 2.75) is 40.0 Å². The van der Waals surface area contributed by atoms with Crippen molar-refractivity contribution in [2.75, 3.05) is 6.61 Å². The number of alkyl halides is 3. The maximum atomic E-state index is 12.3. The van der Waals surface area contributed by atoms with Crippen LogP contribution in [0.1, 0.15) is 34.0 Å². The molecule has 0 N–H and O–H groups in total. The van der Waals surface area contributed by atoms with Crippen LogP contribution in [0.2, 0.25) is 0 Å². The van der Waals surface area contributed by atoms with E-state index in [9.17, 15) is 18.0 Å². The van der Waals surface area contributed by atoms with Crippen LogP contribution in [0.5, 0.6) is 0 Å². The molecule has 2 nitrogen and oxygen atoms in total. The average Bonchev–Trinajstić information content (AvgIpc) is 2.22. The number of Topliss-reactive ketones (excluding diaryl/α,β-unsaturated/α-hetero) is 1. The van der Waals surface area contributed by atoms with E-state index in [1.54, 1.807) is 13.8 Å². The number of ether oxygens (including phenoxy) is 1. The monoisotopic (exact) mass is 274 g/mol. The standard InChI is InChI=1S/C14H17F3O2/c1-8-5-9(2)13(10(3)6-8)12(18)7-19-11(4)14(15,16)17/h5-6,11H,7H2,1-4H3. The lowest BCUT2D eigenvalue weighted by Gasteiger charge is -2.17. The molecule has 0 aliphatic rings. The molecule has 1 atom stereocenters. The maximum Gasteiger partial charge on any atom is 0.414 e. The molecular formula is C14H17F3O2. The third-order valence-corrected chi connectivity index (χ3v) is 2.88. The van der Waals surface area contributed by atoms with E-state index in [1.165, 1.54) is 0 Å². The first-order valence-corrected chi connectivity index (χ1v) is 5.92. The first-order valence-electron chi connectivity index (χ1n) is 5.92. The molecular weight excluding hydrogens is 257 g/mol. The highest BCUT2D eigenvalue weighted by atomic mass is 19.4. The number of benzene rings is 1. The lowest BCUT2D eigenvalue weighted by Crippen LogP contribution is -2.30. The fraction of sp³-hybridized carbons (Fsp3) is 0.500. The topological polar surface area (TPSA) is 26.3 Å². The van der Waals surface area contributed by atoms with Crippen LogP contribution in [0.15, 0.2) is 12.1 Å². The minimum Gasteiger partial charge on any atom is -0.361 e.